The van der Waals surface area contributed by atoms with E-state index in [1.165, 1.54) is 16.8 Å². The topological polar surface area (TPSA) is 15.3 Å². The second-order valence-corrected chi connectivity index (χ2v) is 5.63. The van der Waals surface area contributed by atoms with Gasteiger partial charge in [0.1, 0.15) is 0 Å². The smallest absolute Gasteiger partial charge is 0.0575 e. The monoisotopic (exact) mass is 288 g/mol. The molecule has 0 spiro atoms. The minimum absolute atomic E-state index is 0.146. The Kier molecular flexibility index (Phi) is 4.69. The number of benzene rings is 2. The van der Waals surface area contributed by atoms with E-state index in [2.05, 4.69) is 60.7 Å². The Morgan fingerprint density at radius 3 is 2.35 bits per heavy atom. The van der Waals surface area contributed by atoms with E-state index in [0.717, 1.165) is 10.6 Å². The van der Waals surface area contributed by atoms with Crippen LogP contribution in [0.25, 0.3) is 0 Å². The summed E-state index contributed by atoms with van der Waals surface area (Å²) in [6, 6.07) is 14.9. The van der Waals surface area contributed by atoms with E-state index in [9.17, 15) is 0 Å². The lowest BCUT2D eigenvalue weighted by molar-refractivity contribution is 0.691. The Morgan fingerprint density at radius 2 is 1.75 bits per heavy atom. The largest absolute Gasteiger partial charge is 0.378 e. The molecule has 3 heteroatoms. The Balaban J connectivity index is 2.41. The Hall–Kier alpha value is -1.51. The van der Waals surface area contributed by atoms with Crippen LogP contribution in [0.2, 0.25) is 5.02 Å². The van der Waals surface area contributed by atoms with Gasteiger partial charge in [0.2, 0.25) is 0 Å². The summed E-state index contributed by atoms with van der Waals surface area (Å²) in [7, 11) is 6.08. The summed E-state index contributed by atoms with van der Waals surface area (Å²) in [5.41, 5.74) is 4.71. The molecule has 0 fully saturated rings. The Morgan fingerprint density at radius 1 is 1.05 bits per heavy atom. The zero-order valence-corrected chi connectivity index (χ0v) is 13.2. The van der Waals surface area contributed by atoms with Crippen molar-refractivity contribution in [1.82, 2.24) is 5.32 Å². The van der Waals surface area contributed by atoms with Crippen LogP contribution < -0.4 is 10.2 Å². The first-order chi connectivity index (χ1) is 9.52. The molecule has 0 heterocycles. The number of hydrogen-bond acceptors (Lipinski definition) is 2. The predicted octanol–water partition coefficient (Wildman–Crippen LogP) is 4.02. The maximum atomic E-state index is 6.25. The second-order valence-electron chi connectivity index (χ2n) is 5.22. The van der Waals surface area contributed by atoms with Gasteiger partial charge in [0.25, 0.3) is 0 Å². The van der Waals surface area contributed by atoms with Crippen LogP contribution in [-0.4, -0.2) is 21.1 Å². The molecule has 20 heavy (non-hydrogen) atoms. The van der Waals surface area contributed by atoms with Crippen LogP contribution in [0.5, 0.6) is 0 Å². The van der Waals surface area contributed by atoms with Crippen LogP contribution in [0, 0.1) is 6.92 Å². The van der Waals surface area contributed by atoms with Crippen LogP contribution in [0.15, 0.2) is 42.5 Å². The molecular formula is C17H21ClN2. The molecule has 2 rings (SSSR count). The lowest BCUT2D eigenvalue weighted by Crippen LogP contribution is -2.18. The van der Waals surface area contributed by atoms with E-state index < -0.39 is 0 Å². The number of halogens is 1. The number of hydrogen-bond donors (Lipinski definition) is 1. The summed E-state index contributed by atoms with van der Waals surface area (Å²) in [5, 5.41) is 4.18. The fraction of sp³-hybridized carbons (Fsp3) is 0.294. The molecule has 2 nitrogen and oxygen atoms in total. The molecule has 1 atom stereocenters. The molecule has 1 N–H and O–H groups in total. The highest BCUT2D eigenvalue weighted by Gasteiger charge is 2.13. The van der Waals surface area contributed by atoms with Gasteiger partial charge in [-0.1, -0.05) is 35.9 Å². The van der Waals surface area contributed by atoms with Crippen molar-refractivity contribution in [1.29, 1.82) is 0 Å². The molecule has 0 aliphatic carbocycles. The first kappa shape index (κ1) is 14.9. The predicted molar refractivity (Wildman–Crippen MR) is 87.9 cm³/mol. The molecule has 1 unspecified atom stereocenters. The highest BCUT2D eigenvalue weighted by molar-refractivity contribution is 6.31. The van der Waals surface area contributed by atoms with Crippen LogP contribution in [0.1, 0.15) is 22.7 Å². The standard InChI is InChI=1S/C17H21ClN2/c1-12-8-9-14(11-16(12)18)17(19-2)13-6-5-7-15(10-13)20(3)4/h5-11,17,19H,1-4H3. The van der Waals surface area contributed by atoms with Crippen LogP contribution in [0.3, 0.4) is 0 Å². The Bertz CT molecular complexity index is 593. The molecule has 0 aliphatic rings. The van der Waals surface area contributed by atoms with Gasteiger partial charge < -0.3 is 10.2 Å². The molecular weight excluding hydrogens is 268 g/mol. The van der Waals surface area contributed by atoms with Gasteiger partial charge in [-0.15, -0.1) is 0 Å². The molecule has 0 aliphatic heterocycles. The summed E-state index contributed by atoms with van der Waals surface area (Å²) in [4.78, 5) is 2.11. The third-order valence-corrected chi connectivity index (χ3v) is 3.95. The minimum atomic E-state index is 0.146. The number of aryl methyl sites for hydroxylation is 1. The summed E-state index contributed by atoms with van der Waals surface area (Å²) in [5.74, 6) is 0. The molecule has 0 bridgehead atoms. The molecule has 0 saturated carbocycles. The van der Waals surface area contributed by atoms with Crippen LogP contribution >= 0.6 is 11.6 Å². The van der Waals surface area contributed by atoms with Crippen molar-refractivity contribution in [2.45, 2.75) is 13.0 Å². The van der Waals surface area contributed by atoms with Crippen molar-refractivity contribution >= 4 is 17.3 Å². The van der Waals surface area contributed by atoms with Crippen molar-refractivity contribution in [2.24, 2.45) is 0 Å². The molecule has 0 amide bonds. The van der Waals surface area contributed by atoms with Crippen molar-refractivity contribution in [3.63, 3.8) is 0 Å². The van der Waals surface area contributed by atoms with Gasteiger partial charge in [0.15, 0.2) is 0 Å². The van der Waals surface area contributed by atoms with E-state index in [0.29, 0.717) is 0 Å². The van der Waals surface area contributed by atoms with Crippen molar-refractivity contribution < 1.29 is 0 Å². The number of rotatable bonds is 4. The maximum Gasteiger partial charge on any atom is 0.0575 e. The molecule has 106 valence electrons. The van der Waals surface area contributed by atoms with E-state index in [1.54, 1.807) is 0 Å². The van der Waals surface area contributed by atoms with Gasteiger partial charge in [-0.3, -0.25) is 0 Å². The number of nitrogens with zero attached hydrogens (tertiary/aromatic N) is 1. The SMILES string of the molecule is CNC(c1cccc(N(C)C)c1)c1ccc(C)c(Cl)c1. The van der Waals surface area contributed by atoms with Crippen molar-refractivity contribution in [2.75, 3.05) is 26.0 Å². The summed E-state index contributed by atoms with van der Waals surface area (Å²) in [6.45, 7) is 2.02. The molecule has 0 saturated heterocycles. The zero-order chi connectivity index (χ0) is 14.7. The van der Waals surface area contributed by atoms with Gasteiger partial charge >= 0.3 is 0 Å². The van der Waals surface area contributed by atoms with E-state index in [4.69, 9.17) is 11.6 Å². The second kappa shape index (κ2) is 6.29. The Labute approximate surface area is 126 Å². The van der Waals surface area contributed by atoms with Gasteiger partial charge in [-0.05, 0) is 48.9 Å². The highest BCUT2D eigenvalue weighted by atomic mass is 35.5. The summed E-state index contributed by atoms with van der Waals surface area (Å²) >= 11 is 6.25. The van der Waals surface area contributed by atoms with Gasteiger partial charge in [0, 0.05) is 24.8 Å². The molecule has 0 aromatic heterocycles. The van der Waals surface area contributed by atoms with Gasteiger partial charge in [-0.25, -0.2) is 0 Å². The minimum Gasteiger partial charge on any atom is -0.378 e. The van der Waals surface area contributed by atoms with E-state index in [-0.39, 0.29) is 6.04 Å². The molecule has 2 aromatic rings. The normalized spacial score (nSPS) is 12.2. The van der Waals surface area contributed by atoms with Crippen LogP contribution in [0.4, 0.5) is 5.69 Å². The highest BCUT2D eigenvalue weighted by Crippen LogP contribution is 2.27. The maximum absolute atomic E-state index is 6.25. The van der Waals surface area contributed by atoms with Gasteiger partial charge in [0.05, 0.1) is 6.04 Å². The molecule has 2 aromatic carbocycles. The summed E-state index contributed by atoms with van der Waals surface area (Å²) in [6.07, 6.45) is 0. The lowest BCUT2D eigenvalue weighted by atomic mass is 9.97. The fourth-order valence-corrected chi connectivity index (χ4v) is 2.49. The average Bonchev–Trinajstić information content (AvgIpc) is 2.44. The third-order valence-electron chi connectivity index (χ3n) is 3.54. The first-order valence-corrected chi connectivity index (χ1v) is 7.11. The average molecular weight is 289 g/mol. The van der Waals surface area contributed by atoms with E-state index >= 15 is 0 Å². The fourth-order valence-electron chi connectivity index (χ4n) is 2.30. The van der Waals surface area contributed by atoms with Crippen molar-refractivity contribution in [3.8, 4) is 0 Å². The first-order valence-electron chi connectivity index (χ1n) is 6.73. The van der Waals surface area contributed by atoms with E-state index in [1.807, 2.05) is 20.0 Å². The number of nitrogens with one attached hydrogen (secondary N) is 1. The molecule has 0 radical (unpaired) electrons. The van der Waals surface area contributed by atoms with Crippen LogP contribution in [-0.2, 0) is 0 Å². The zero-order valence-electron chi connectivity index (χ0n) is 12.4. The van der Waals surface area contributed by atoms with Gasteiger partial charge in [-0.2, -0.15) is 0 Å². The third kappa shape index (κ3) is 3.14. The summed E-state index contributed by atoms with van der Waals surface area (Å²) < 4.78 is 0. The number of anilines is 1. The lowest BCUT2D eigenvalue weighted by Gasteiger charge is -2.20. The van der Waals surface area contributed by atoms with Crippen molar-refractivity contribution in [3.05, 3.63) is 64.2 Å². The quantitative estimate of drug-likeness (QED) is 0.914.